The topological polar surface area (TPSA) is 42.4 Å². The summed E-state index contributed by atoms with van der Waals surface area (Å²) in [5.41, 5.74) is 1.12. The molecule has 1 atom stereocenters. The Morgan fingerprint density at radius 2 is 2.38 bits per heavy atom. The fraction of sp³-hybridized carbons (Fsp3) is 0.500. The lowest BCUT2D eigenvalue weighted by atomic mass is 10.2. The van der Waals surface area contributed by atoms with Crippen LogP contribution in [0.1, 0.15) is 18.4 Å². The quantitative estimate of drug-likeness (QED) is 0.709. The molecule has 1 saturated heterocycles. The summed E-state index contributed by atoms with van der Waals surface area (Å²) in [6, 6.07) is 3.80. The molecule has 1 aliphatic rings. The monoisotopic (exact) mass is 220 g/mol. The SMILES string of the molecule is COC(=O)C1CCCN1c1ccc(C)cn1. The molecule has 0 spiro atoms. The van der Waals surface area contributed by atoms with Gasteiger partial charge >= 0.3 is 5.97 Å². The van der Waals surface area contributed by atoms with Gasteiger partial charge in [0.1, 0.15) is 11.9 Å². The van der Waals surface area contributed by atoms with Crippen molar-refractivity contribution in [2.24, 2.45) is 0 Å². The molecule has 0 saturated carbocycles. The van der Waals surface area contributed by atoms with Gasteiger partial charge < -0.3 is 9.64 Å². The van der Waals surface area contributed by atoms with Crippen LogP contribution in [0.15, 0.2) is 18.3 Å². The van der Waals surface area contributed by atoms with E-state index in [-0.39, 0.29) is 12.0 Å². The highest BCUT2D eigenvalue weighted by Gasteiger charge is 2.32. The Morgan fingerprint density at radius 3 is 3.00 bits per heavy atom. The van der Waals surface area contributed by atoms with Crippen LogP contribution in [-0.2, 0) is 9.53 Å². The highest BCUT2D eigenvalue weighted by Crippen LogP contribution is 2.24. The first-order chi connectivity index (χ1) is 7.72. The van der Waals surface area contributed by atoms with Crippen molar-refractivity contribution in [3.63, 3.8) is 0 Å². The van der Waals surface area contributed by atoms with E-state index in [9.17, 15) is 4.79 Å². The zero-order valence-corrected chi connectivity index (χ0v) is 9.64. The number of aryl methyl sites for hydroxylation is 1. The van der Waals surface area contributed by atoms with Crippen LogP contribution in [0.2, 0.25) is 0 Å². The van der Waals surface area contributed by atoms with Crippen molar-refractivity contribution in [2.75, 3.05) is 18.6 Å². The zero-order chi connectivity index (χ0) is 11.5. The van der Waals surface area contributed by atoms with Crippen LogP contribution in [0.3, 0.4) is 0 Å². The lowest BCUT2D eigenvalue weighted by Gasteiger charge is -2.23. The maximum Gasteiger partial charge on any atom is 0.328 e. The predicted molar refractivity (Wildman–Crippen MR) is 61.4 cm³/mol. The predicted octanol–water partition coefficient (Wildman–Crippen LogP) is 1.53. The summed E-state index contributed by atoms with van der Waals surface area (Å²) in [7, 11) is 1.43. The smallest absolute Gasteiger partial charge is 0.328 e. The maximum absolute atomic E-state index is 11.6. The van der Waals surface area contributed by atoms with Gasteiger partial charge in [-0.2, -0.15) is 0 Å². The molecule has 0 N–H and O–H groups in total. The molecule has 1 unspecified atom stereocenters. The van der Waals surface area contributed by atoms with Crippen molar-refractivity contribution >= 4 is 11.8 Å². The van der Waals surface area contributed by atoms with Crippen LogP contribution in [0.25, 0.3) is 0 Å². The van der Waals surface area contributed by atoms with Crippen molar-refractivity contribution in [2.45, 2.75) is 25.8 Å². The van der Waals surface area contributed by atoms with Crippen molar-refractivity contribution in [1.29, 1.82) is 0 Å². The molecule has 0 aliphatic carbocycles. The molecule has 1 fully saturated rings. The molecule has 4 heteroatoms. The van der Waals surface area contributed by atoms with E-state index in [2.05, 4.69) is 4.98 Å². The van der Waals surface area contributed by atoms with Gasteiger partial charge in [-0.3, -0.25) is 0 Å². The van der Waals surface area contributed by atoms with Crippen LogP contribution in [-0.4, -0.2) is 30.6 Å². The number of esters is 1. The molecular weight excluding hydrogens is 204 g/mol. The van der Waals surface area contributed by atoms with E-state index >= 15 is 0 Å². The largest absolute Gasteiger partial charge is 0.467 e. The third-order valence-electron chi connectivity index (χ3n) is 2.92. The third-order valence-corrected chi connectivity index (χ3v) is 2.92. The zero-order valence-electron chi connectivity index (χ0n) is 9.64. The van der Waals surface area contributed by atoms with E-state index in [4.69, 9.17) is 4.74 Å². The van der Waals surface area contributed by atoms with Gasteiger partial charge in [-0.25, -0.2) is 9.78 Å². The molecular formula is C12H16N2O2. The molecule has 1 aromatic rings. The number of hydrogen-bond donors (Lipinski definition) is 0. The Kier molecular flexibility index (Phi) is 3.08. The van der Waals surface area contributed by atoms with E-state index in [1.54, 1.807) is 0 Å². The Balaban J connectivity index is 2.19. The summed E-state index contributed by atoms with van der Waals surface area (Å²) in [5.74, 6) is 0.693. The normalized spacial score (nSPS) is 19.9. The molecule has 1 aliphatic heterocycles. The number of pyridine rings is 1. The number of carbonyl (C=O) groups excluding carboxylic acids is 1. The van der Waals surface area contributed by atoms with Gasteiger partial charge in [-0.1, -0.05) is 6.07 Å². The van der Waals surface area contributed by atoms with Gasteiger partial charge in [0.2, 0.25) is 0 Å². The first-order valence-corrected chi connectivity index (χ1v) is 5.49. The average Bonchev–Trinajstić information content (AvgIpc) is 2.78. The summed E-state index contributed by atoms with van der Waals surface area (Å²) in [6.07, 6.45) is 3.68. The number of hydrogen-bond acceptors (Lipinski definition) is 4. The van der Waals surface area contributed by atoms with E-state index in [0.29, 0.717) is 0 Å². The molecule has 2 heterocycles. The van der Waals surface area contributed by atoms with Crippen LogP contribution < -0.4 is 4.90 Å². The van der Waals surface area contributed by atoms with Gasteiger partial charge in [0.15, 0.2) is 0 Å². The first kappa shape index (κ1) is 10.9. The minimum Gasteiger partial charge on any atom is -0.467 e. The van der Waals surface area contributed by atoms with Crippen molar-refractivity contribution in [3.8, 4) is 0 Å². The number of rotatable bonds is 2. The van der Waals surface area contributed by atoms with E-state index in [1.165, 1.54) is 7.11 Å². The Hall–Kier alpha value is -1.58. The Labute approximate surface area is 95.2 Å². The minimum atomic E-state index is -0.167. The summed E-state index contributed by atoms with van der Waals surface area (Å²) >= 11 is 0. The fourth-order valence-electron chi connectivity index (χ4n) is 2.05. The summed E-state index contributed by atoms with van der Waals surface area (Å²) < 4.78 is 4.80. The van der Waals surface area contributed by atoms with Crippen molar-refractivity contribution < 1.29 is 9.53 Å². The number of methoxy groups -OCH3 is 1. The van der Waals surface area contributed by atoms with Gasteiger partial charge in [-0.05, 0) is 31.4 Å². The van der Waals surface area contributed by atoms with Crippen molar-refractivity contribution in [1.82, 2.24) is 4.98 Å². The van der Waals surface area contributed by atoms with E-state index in [0.717, 1.165) is 30.8 Å². The fourth-order valence-corrected chi connectivity index (χ4v) is 2.05. The summed E-state index contributed by atoms with van der Waals surface area (Å²) in [5, 5.41) is 0. The number of nitrogens with zero attached hydrogens (tertiary/aromatic N) is 2. The van der Waals surface area contributed by atoms with Crippen LogP contribution in [0.4, 0.5) is 5.82 Å². The van der Waals surface area contributed by atoms with Gasteiger partial charge in [-0.15, -0.1) is 0 Å². The molecule has 16 heavy (non-hydrogen) atoms. The number of anilines is 1. The summed E-state index contributed by atoms with van der Waals surface area (Å²) in [4.78, 5) is 17.9. The lowest BCUT2D eigenvalue weighted by molar-refractivity contribution is -0.141. The Bertz CT molecular complexity index is 375. The Morgan fingerprint density at radius 1 is 1.56 bits per heavy atom. The molecule has 4 nitrogen and oxygen atoms in total. The molecule has 0 amide bonds. The second-order valence-electron chi connectivity index (χ2n) is 4.07. The highest BCUT2D eigenvalue weighted by molar-refractivity contribution is 5.80. The van der Waals surface area contributed by atoms with E-state index < -0.39 is 0 Å². The number of ether oxygens (including phenoxy) is 1. The van der Waals surface area contributed by atoms with Crippen molar-refractivity contribution in [3.05, 3.63) is 23.9 Å². The van der Waals surface area contributed by atoms with Crippen LogP contribution in [0, 0.1) is 6.92 Å². The lowest BCUT2D eigenvalue weighted by Crippen LogP contribution is -2.37. The second kappa shape index (κ2) is 4.51. The van der Waals surface area contributed by atoms with Crippen LogP contribution in [0.5, 0.6) is 0 Å². The minimum absolute atomic E-state index is 0.166. The molecule has 1 aromatic heterocycles. The van der Waals surface area contributed by atoms with Crippen LogP contribution >= 0.6 is 0 Å². The first-order valence-electron chi connectivity index (χ1n) is 5.49. The molecule has 2 rings (SSSR count). The number of aromatic nitrogens is 1. The second-order valence-corrected chi connectivity index (χ2v) is 4.07. The standard InChI is InChI=1S/C12H16N2O2/c1-9-5-6-11(13-8-9)14-7-3-4-10(14)12(15)16-2/h5-6,8,10H,3-4,7H2,1-2H3. The highest BCUT2D eigenvalue weighted by atomic mass is 16.5. The molecule has 0 aromatic carbocycles. The van der Waals surface area contributed by atoms with Gasteiger partial charge in [0.25, 0.3) is 0 Å². The maximum atomic E-state index is 11.6. The third kappa shape index (κ3) is 2.01. The average molecular weight is 220 g/mol. The van der Waals surface area contributed by atoms with E-state index in [1.807, 2.05) is 30.2 Å². The molecule has 0 radical (unpaired) electrons. The molecule has 86 valence electrons. The summed E-state index contributed by atoms with van der Waals surface area (Å²) in [6.45, 7) is 2.87. The number of carbonyl (C=O) groups is 1. The van der Waals surface area contributed by atoms with Gasteiger partial charge in [0, 0.05) is 12.7 Å². The van der Waals surface area contributed by atoms with Gasteiger partial charge in [0.05, 0.1) is 7.11 Å². The molecule has 0 bridgehead atoms.